The van der Waals surface area contributed by atoms with Crippen molar-refractivity contribution in [2.75, 3.05) is 13.2 Å². The number of carbonyl (C=O) groups excluding carboxylic acids is 2. The SMILES string of the molecule is CC(CCNC(=O)C1(NC(=O)OCC2c3ccccc3-c3ccccc32)CCC1)C(=O)O. The van der Waals surface area contributed by atoms with Crippen molar-refractivity contribution in [2.24, 2.45) is 5.92 Å². The van der Waals surface area contributed by atoms with Crippen LogP contribution in [0, 0.1) is 5.92 Å². The molecule has 7 nitrogen and oxygen atoms in total. The Kier molecular flexibility index (Phi) is 6.17. The maximum atomic E-state index is 12.7. The number of carboxylic acids is 1. The lowest BCUT2D eigenvalue weighted by Gasteiger charge is -2.40. The summed E-state index contributed by atoms with van der Waals surface area (Å²) >= 11 is 0. The van der Waals surface area contributed by atoms with Crippen molar-refractivity contribution in [1.82, 2.24) is 10.6 Å². The molecule has 0 aliphatic heterocycles. The topological polar surface area (TPSA) is 105 Å². The van der Waals surface area contributed by atoms with Gasteiger partial charge in [-0.15, -0.1) is 0 Å². The lowest BCUT2D eigenvalue weighted by atomic mass is 9.76. The van der Waals surface area contributed by atoms with Gasteiger partial charge in [-0.2, -0.15) is 0 Å². The molecule has 0 aromatic heterocycles. The normalized spacial score (nSPS) is 16.8. The molecule has 1 saturated carbocycles. The summed E-state index contributed by atoms with van der Waals surface area (Å²) in [6.45, 7) is 2.04. The number of alkyl carbamates (subject to hydrolysis) is 1. The Hall–Kier alpha value is -3.35. The van der Waals surface area contributed by atoms with Crippen molar-refractivity contribution in [3.63, 3.8) is 0 Å². The fourth-order valence-electron chi connectivity index (χ4n) is 4.46. The molecule has 2 amide bonds. The zero-order valence-electron chi connectivity index (χ0n) is 18.1. The van der Waals surface area contributed by atoms with Crippen molar-refractivity contribution in [3.8, 4) is 11.1 Å². The number of fused-ring (bicyclic) bond motifs is 3. The van der Waals surface area contributed by atoms with E-state index in [0.29, 0.717) is 19.3 Å². The average molecular weight is 437 g/mol. The fraction of sp³-hybridized carbons (Fsp3) is 0.400. The smallest absolute Gasteiger partial charge is 0.408 e. The second-order valence-corrected chi connectivity index (χ2v) is 8.67. The number of carboxylic acid groups (broad SMARTS) is 1. The van der Waals surface area contributed by atoms with Gasteiger partial charge in [0, 0.05) is 12.5 Å². The van der Waals surface area contributed by atoms with Gasteiger partial charge in [0.1, 0.15) is 12.1 Å². The number of carbonyl (C=O) groups is 3. The Morgan fingerprint density at radius 2 is 1.66 bits per heavy atom. The molecular formula is C25H28N2O5. The Balaban J connectivity index is 1.35. The first-order chi connectivity index (χ1) is 15.4. The monoisotopic (exact) mass is 436 g/mol. The molecule has 0 bridgehead atoms. The number of aliphatic carboxylic acids is 1. The van der Waals surface area contributed by atoms with Gasteiger partial charge >= 0.3 is 12.1 Å². The fourth-order valence-corrected chi connectivity index (χ4v) is 4.46. The molecule has 2 aromatic carbocycles. The number of amides is 2. The van der Waals surface area contributed by atoms with E-state index in [4.69, 9.17) is 9.84 Å². The predicted molar refractivity (Wildman–Crippen MR) is 119 cm³/mol. The van der Waals surface area contributed by atoms with Gasteiger partial charge in [0.15, 0.2) is 0 Å². The quantitative estimate of drug-likeness (QED) is 0.586. The van der Waals surface area contributed by atoms with Crippen molar-refractivity contribution in [3.05, 3.63) is 59.7 Å². The number of nitrogens with one attached hydrogen (secondary N) is 2. The van der Waals surface area contributed by atoms with Crippen LogP contribution in [0.1, 0.15) is 49.7 Å². The molecule has 4 rings (SSSR count). The summed E-state index contributed by atoms with van der Waals surface area (Å²) in [5, 5.41) is 14.5. The maximum Gasteiger partial charge on any atom is 0.408 e. The molecule has 0 radical (unpaired) electrons. The summed E-state index contributed by atoms with van der Waals surface area (Å²) < 4.78 is 5.59. The highest BCUT2D eigenvalue weighted by atomic mass is 16.5. The summed E-state index contributed by atoms with van der Waals surface area (Å²) in [5.41, 5.74) is 3.59. The number of ether oxygens (including phenoxy) is 1. The highest BCUT2D eigenvalue weighted by Gasteiger charge is 2.46. The molecule has 7 heteroatoms. The number of benzene rings is 2. The van der Waals surface area contributed by atoms with Crippen LogP contribution in [-0.4, -0.2) is 41.8 Å². The number of rotatable bonds is 8. The second-order valence-electron chi connectivity index (χ2n) is 8.67. The van der Waals surface area contributed by atoms with Gasteiger partial charge in [-0.1, -0.05) is 55.5 Å². The molecule has 1 unspecified atom stereocenters. The van der Waals surface area contributed by atoms with E-state index in [0.717, 1.165) is 28.7 Å². The molecule has 2 aliphatic carbocycles. The van der Waals surface area contributed by atoms with E-state index >= 15 is 0 Å². The van der Waals surface area contributed by atoms with Crippen molar-refractivity contribution < 1.29 is 24.2 Å². The molecule has 0 heterocycles. The molecule has 32 heavy (non-hydrogen) atoms. The van der Waals surface area contributed by atoms with Gasteiger partial charge in [0.2, 0.25) is 5.91 Å². The van der Waals surface area contributed by atoms with Crippen LogP contribution in [0.2, 0.25) is 0 Å². The standard InChI is InChI=1S/C25H28N2O5/c1-16(22(28)29)11-14-26-23(30)25(12-6-13-25)27-24(31)32-15-21-19-9-4-2-7-17(19)18-8-3-5-10-20(18)21/h2-5,7-10,16,21H,6,11-15H2,1H3,(H,26,30)(H,27,31)(H,28,29). The highest BCUT2D eigenvalue weighted by Crippen LogP contribution is 2.44. The lowest BCUT2D eigenvalue weighted by Crippen LogP contribution is -2.63. The van der Waals surface area contributed by atoms with E-state index in [-0.39, 0.29) is 25.0 Å². The first kappa shape index (κ1) is 21.9. The number of hydrogen-bond donors (Lipinski definition) is 3. The van der Waals surface area contributed by atoms with Crippen LogP contribution >= 0.6 is 0 Å². The second kappa shape index (κ2) is 9.02. The number of hydrogen-bond acceptors (Lipinski definition) is 4. The zero-order valence-corrected chi connectivity index (χ0v) is 18.1. The molecular weight excluding hydrogens is 408 g/mol. The first-order valence-corrected chi connectivity index (χ1v) is 11.1. The summed E-state index contributed by atoms with van der Waals surface area (Å²) in [5.74, 6) is -1.76. The van der Waals surface area contributed by atoms with Gasteiger partial charge in [-0.3, -0.25) is 9.59 Å². The van der Waals surface area contributed by atoms with Gasteiger partial charge in [-0.25, -0.2) is 4.79 Å². The van der Waals surface area contributed by atoms with Crippen LogP contribution < -0.4 is 10.6 Å². The van der Waals surface area contributed by atoms with Gasteiger partial charge in [0.25, 0.3) is 0 Å². The van der Waals surface area contributed by atoms with E-state index in [9.17, 15) is 14.4 Å². The molecule has 1 fully saturated rings. The highest BCUT2D eigenvalue weighted by molar-refractivity contribution is 5.91. The Bertz CT molecular complexity index is 985. The third-order valence-electron chi connectivity index (χ3n) is 6.61. The van der Waals surface area contributed by atoms with Gasteiger partial charge in [0.05, 0.1) is 5.92 Å². The van der Waals surface area contributed by atoms with Gasteiger partial charge in [-0.05, 0) is 47.9 Å². The average Bonchev–Trinajstić information content (AvgIpc) is 3.08. The minimum absolute atomic E-state index is 0.0446. The summed E-state index contributed by atoms with van der Waals surface area (Å²) in [6.07, 6.45) is 1.64. The van der Waals surface area contributed by atoms with E-state index in [1.54, 1.807) is 6.92 Å². The van der Waals surface area contributed by atoms with Gasteiger partial charge < -0.3 is 20.5 Å². The van der Waals surface area contributed by atoms with Crippen LogP contribution in [0.3, 0.4) is 0 Å². The summed E-state index contributed by atoms with van der Waals surface area (Å²) in [7, 11) is 0. The first-order valence-electron chi connectivity index (χ1n) is 11.1. The van der Waals surface area contributed by atoms with Crippen LogP contribution in [0.25, 0.3) is 11.1 Å². The molecule has 2 aliphatic rings. The largest absolute Gasteiger partial charge is 0.481 e. The van der Waals surface area contributed by atoms with Crippen molar-refractivity contribution in [2.45, 2.75) is 44.1 Å². The summed E-state index contributed by atoms with van der Waals surface area (Å²) in [4.78, 5) is 36.2. The minimum Gasteiger partial charge on any atom is -0.481 e. The predicted octanol–water partition coefficient (Wildman–Crippen LogP) is 3.67. The molecule has 3 N–H and O–H groups in total. The van der Waals surface area contributed by atoms with Crippen molar-refractivity contribution in [1.29, 1.82) is 0 Å². The zero-order chi connectivity index (χ0) is 22.7. The Morgan fingerprint density at radius 3 is 2.19 bits per heavy atom. The van der Waals surface area contributed by atoms with Crippen molar-refractivity contribution >= 4 is 18.0 Å². The van der Waals surface area contributed by atoms with Crippen LogP contribution in [0.4, 0.5) is 4.79 Å². The molecule has 2 aromatic rings. The Morgan fingerprint density at radius 1 is 1.06 bits per heavy atom. The molecule has 0 spiro atoms. The van der Waals surface area contributed by atoms with E-state index in [1.807, 2.05) is 24.3 Å². The molecule has 1 atom stereocenters. The lowest BCUT2D eigenvalue weighted by molar-refractivity contribution is -0.141. The molecule has 0 saturated heterocycles. The minimum atomic E-state index is -0.977. The molecule has 168 valence electrons. The third kappa shape index (κ3) is 4.20. The van der Waals surface area contributed by atoms with Crippen LogP contribution in [0.15, 0.2) is 48.5 Å². The van der Waals surface area contributed by atoms with E-state index < -0.39 is 23.5 Å². The maximum absolute atomic E-state index is 12.7. The van der Waals surface area contributed by atoms with Crippen LogP contribution in [-0.2, 0) is 14.3 Å². The Labute approximate surface area is 187 Å². The third-order valence-corrected chi connectivity index (χ3v) is 6.61. The van der Waals surface area contributed by atoms with Crippen LogP contribution in [0.5, 0.6) is 0 Å². The summed E-state index contributed by atoms with van der Waals surface area (Å²) in [6, 6.07) is 16.2. The van der Waals surface area contributed by atoms with E-state index in [2.05, 4.69) is 34.9 Å². The van der Waals surface area contributed by atoms with E-state index in [1.165, 1.54) is 0 Å².